The molecule has 0 spiro atoms. The largest absolute Gasteiger partial charge is 0.444 e. The summed E-state index contributed by atoms with van der Waals surface area (Å²) in [4.78, 5) is 34.5. The van der Waals surface area contributed by atoms with Crippen molar-refractivity contribution in [1.82, 2.24) is 10.2 Å². The summed E-state index contributed by atoms with van der Waals surface area (Å²) in [6.45, 7) is 7.65. The van der Waals surface area contributed by atoms with E-state index in [0.29, 0.717) is 32.4 Å². The molecule has 1 aromatic rings. The number of imide groups is 1. The smallest absolute Gasteiger partial charge is 0.410 e. The first-order chi connectivity index (χ1) is 14.6. The number of ether oxygens (including phenoxy) is 1. The number of carbonyl (C=O) groups is 3. The van der Waals surface area contributed by atoms with Crippen LogP contribution in [-0.2, 0) is 20.7 Å². The van der Waals surface area contributed by atoms with Crippen LogP contribution in [0.1, 0.15) is 69.9 Å². The second-order valence-electron chi connectivity index (χ2n) is 9.24. The van der Waals surface area contributed by atoms with E-state index >= 15 is 0 Å². The van der Waals surface area contributed by atoms with E-state index in [0.717, 1.165) is 42.6 Å². The number of amides is 3. The normalized spacial score (nSPS) is 19.0. The lowest BCUT2D eigenvalue weighted by molar-refractivity contribution is -0.132. The van der Waals surface area contributed by atoms with Gasteiger partial charge in [0.05, 0.1) is 0 Å². The number of anilines is 1. The highest BCUT2D eigenvalue weighted by molar-refractivity contribution is 5.97. The maximum absolute atomic E-state index is 14.7. The molecule has 4 rings (SSSR count). The average molecular weight is 434 g/mol. The van der Waals surface area contributed by atoms with Gasteiger partial charge in [0.25, 0.3) is 0 Å². The van der Waals surface area contributed by atoms with Crippen LogP contribution in [-0.4, -0.2) is 48.0 Å². The van der Waals surface area contributed by atoms with Crippen molar-refractivity contribution in [3.8, 4) is 0 Å². The molecular formula is C23H32FN3O4. The summed E-state index contributed by atoms with van der Waals surface area (Å²) >= 11 is 0. The molecule has 2 fully saturated rings. The molecule has 0 bridgehead atoms. The van der Waals surface area contributed by atoms with Crippen molar-refractivity contribution in [3.05, 3.63) is 29.1 Å². The van der Waals surface area contributed by atoms with Crippen LogP contribution >= 0.6 is 0 Å². The zero-order valence-corrected chi connectivity index (χ0v) is 18.6. The van der Waals surface area contributed by atoms with E-state index in [1.807, 2.05) is 32.9 Å². The first-order valence-electron chi connectivity index (χ1n) is 11.0. The highest BCUT2D eigenvalue weighted by Gasteiger charge is 2.30. The van der Waals surface area contributed by atoms with Crippen LogP contribution < -0.4 is 10.6 Å². The fourth-order valence-electron chi connectivity index (χ4n) is 4.08. The summed E-state index contributed by atoms with van der Waals surface area (Å²) in [5.41, 5.74) is 2.07. The molecule has 0 aliphatic carbocycles. The average Bonchev–Trinajstić information content (AvgIpc) is 3.17. The standard InChI is InChI=1S/C18H25FN2O2.C5H7NO2/c1-18(2,3)23-17(22)21-10-7-12(8-11-21)13-4-5-15-14(16(13)19)6-9-20-15;7-4-2-1-3-5(8)6-4/h4-5,12,20H,6-11H2,1-3H3;1-3H2,(H,6,7,8). The van der Waals surface area contributed by atoms with Gasteiger partial charge in [-0.2, -0.15) is 0 Å². The molecule has 3 heterocycles. The number of piperidine rings is 2. The SMILES string of the molecule is CC(C)(C)OC(=O)N1CCC(c2ccc3c(c2F)CCN3)CC1.O=C1CCCC(=O)N1. The summed E-state index contributed by atoms with van der Waals surface area (Å²) in [5, 5.41) is 5.41. The Bertz CT molecular complexity index is 828. The summed E-state index contributed by atoms with van der Waals surface area (Å²) in [5.74, 6) is -0.148. The summed E-state index contributed by atoms with van der Waals surface area (Å²) in [6, 6.07) is 3.89. The second-order valence-corrected chi connectivity index (χ2v) is 9.24. The summed E-state index contributed by atoms with van der Waals surface area (Å²) in [7, 11) is 0. The second kappa shape index (κ2) is 9.66. The molecule has 0 unspecified atom stereocenters. The van der Waals surface area contributed by atoms with Crippen molar-refractivity contribution in [2.75, 3.05) is 25.0 Å². The van der Waals surface area contributed by atoms with Crippen molar-refractivity contribution >= 4 is 23.6 Å². The van der Waals surface area contributed by atoms with Crippen LogP contribution in [0.3, 0.4) is 0 Å². The molecule has 0 aromatic heterocycles. The van der Waals surface area contributed by atoms with Gasteiger partial charge < -0.3 is 15.0 Å². The molecule has 8 heteroatoms. The molecule has 2 N–H and O–H groups in total. The predicted octanol–water partition coefficient (Wildman–Crippen LogP) is 3.72. The van der Waals surface area contributed by atoms with E-state index in [9.17, 15) is 18.8 Å². The van der Waals surface area contributed by atoms with Gasteiger partial charge in [0, 0.05) is 43.7 Å². The molecule has 3 amide bonds. The molecule has 0 atom stereocenters. The quantitative estimate of drug-likeness (QED) is 0.659. The van der Waals surface area contributed by atoms with Gasteiger partial charge in [-0.25, -0.2) is 9.18 Å². The van der Waals surface area contributed by atoms with E-state index < -0.39 is 5.60 Å². The number of nitrogens with one attached hydrogen (secondary N) is 2. The summed E-state index contributed by atoms with van der Waals surface area (Å²) < 4.78 is 20.1. The van der Waals surface area contributed by atoms with Gasteiger partial charge in [0.1, 0.15) is 11.4 Å². The number of nitrogens with zero attached hydrogens (tertiary/aromatic N) is 1. The lowest BCUT2D eigenvalue weighted by Gasteiger charge is -2.33. The van der Waals surface area contributed by atoms with Gasteiger partial charge in [-0.15, -0.1) is 0 Å². The molecule has 170 valence electrons. The minimum Gasteiger partial charge on any atom is -0.444 e. The van der Waals surface area contributed by atoms with Gasteiger partial charge in [-0.05, 0) is 64.0 Å². The third kappa shape index (κ3) is 6.18. The number of rotatable bonds is 1. The number of halogens is 1. The Labute approximate surface area is 182 Å². The first-order valence-corrected chi connectivity index (χ1v) is 11.0. The predicted molar refractivity (Wildman–Crippen MR) is 115 cm³/mol. The number of carbonyl (C=O) groups excluding carboxylic acids is 3. The molecule has 0 saturated carbocycles. The van der Waals surface area contributed by atoms with Crippen LogP contribution in [0.25, 0.3) is 0 Å². The Morgan fingerprint density at radius 1 is 1.10 bits per heavy atom. The number of hydrogen-bond donors (Lipinski definition) is 2. The molecule has 7 nitrogen and oxygen atoms in total. The monoisotopic (exact) mass is 433 g/mol. The van der Waals surface area contributed by atoms with Gasteiger partial charge in [-0.3, -0.25) is 14.9 Å². The minimum atomic E-state index is -0.479. The third-order valence-corrected chi connectivity index (χ3v) is 5.64. The van der Waals surface area contributed by atoms with Crippen LogP contribution in [0, 0.1) is 5.82 Å². The maximum Gasteiger partial charge on any atom is 0.410 e. The summed E-state index contributed by atoms with van der Waals surface area (Å²) in [6.07, 6.45) is 3.77. The molecule has 3 aliphatic heterocycles. The Morgan fingerprint density at radius 2 is 1.74 bits per heavy atom. The Morgan fingerprint density at radius 3 is 2.29 bits per heavy atom. The lowest BCUT2D eigenvalue weighted by Crippen LogP contribution is -2.41. The van der Waals surface area contributed by atoms with Crippen molar-refractivity contribution in [3.63, 3.8) is 0 Å². The highest BCUT2D eigenvalue weighted by Crippen LogP contribution is 2.35. The van der Waals surface area contributed by atoms with Crippen LogP contribution in [0.4, 0.5) is 14.9 Å². The number of likely N-dealkylation sites (tertiary alicyclic amines) is 1. The Balaban J connectivity index is 0.000000287. The van der Waals surface area contributed by atoms with E-state index in [1.165, 1.54) is 0 Å². The van der Waals surface area contributed by atoms with Crippen molar-refractivity contribution < 1.29 is 23.5 Å². The van der Waals surface area contributed by atoms with Crippen molar-refractivity contribution in [1.29, 1.82) is 0 Å². The fourth-order valence-corrected chi connectivity index (χ4v) is 4.08. The van der Waals surface area contributed by atoms with E-state index in [2.05, 4.69) is 10.6 Å². The first kappa shape index (κ1) is 23.0. The minimum absolute atomic E-state index is 0.0526. The zero-order valence-electron chi connectivity index (χ0n) is 18.6. The topological polar surface area (TPSA) is 87.7 Å². The van der Waals surface area contributed by atoms with Gasteiger partial charge in [0.2, 0.25) is 11.8 Å². The maximum atomic E-state index is 14.7. The highest BCUT2D eigenvalue weighted by atomic mass is 19.1. The Hall–Kier alpha value is -2.64. The number of benzene rings is 1. The van der Waals surface area contributed by atoms with E-state index in [-0.39, 0.29) is 29.6 Å². The Kier molecular flexibility index (Phi) is 7.18. The number of hydrogen-bond acceptors (Lipinski definition) is 5. The zero-order chi connectivity index (χ0) is 22.6. The van der Waals surface area contributed by atoms with Gasteiger partial charge in [-0.1, -0.05) is 6.07 Å². The third-order valence-electron chi connectivity index (χ3n) is 5.64. The van der Waals surface area contributed by atoms with Crippen LogP contribution in [0.2, 0.25) is 0 Å². The van der Waals surface area contributed by atoms with Gasteiger partial charge >= 0.3 is 6.09 Å². The molecule has 3 aliphatic rings. The van der Waals surface area contributed by atoms with Crippen molar-refractivity contribution in [2.45, 2.75) is 70.8 Å². The molecule has 0 radical (unpaired) electrons. The van der Waals surface area contributed by atoms with Crippen molar-refractivity contribution in [2.24, 2.45) is 0 Å². The lowest BCUT2D eigenvalue weighted by atomic mass is 9.88. The molecule has 1 aromatic carbocycles. The van der Waals surface area contributed by atoms with Crippen LogP contribution in [0.5, 0.6) is 0 Å². The molecule has 31 heavy (non-hydrogen) atoms. The van der Waals surface area contributed by atoms with E-state index in [1.54, 1.807) is 4.90 Å². The van der Waals surface area contributed by atoms with E-state index in [4.69, 9.17) is 4.74 Å². The van der Waals surface area contributed by atoms with Crippen LogP contribution in [0.15, 0.2) is 12.1 Å². The fraction of sp³-hybridized carbons (Fsp3) is 0.609. The van der Waals surface area contributed by atoms with Gasteiger partial charge in [0.15, 0.2) is 0 Å². The molecular weight excluding hydrogens is 401 g/mol. The molecule has 2 saturated heterocycles. The number of fused-ring (bicyclic) bond motifs is 1.